The molecule has 0 aliphatic rings. The van der Waals surface area contributed by atoms with Crippen molar-refractivity contribution in [2.75, 3.05) is 33.8 Å². The van der Waals surface area contributed by atoms with E-state index in [0.717, 1.165) is 6.54 Å². The number of benzene rings is 2. The highest BCUT2D eigenvalue weighted by Crippen LogP contribution is 2.26. The lowest BCUT2D eigenvalue weighted by molar-refractivity contribution is 0.0526. The second kappa shape index (κ2) is 9.37. The van der Waals surface area contributed by atoms with Gasteiger partial charge >= 0.3 is 5.97 Å². The van der Waals surface area contributed by atoms with Crippen molar-refractivity contribution < 1.29 is 14.6 Å². The van der Waals surface area contributed by atoms with E-state index in [0.29, 0.717) is 34.1 Å². The van der Waals surface area contributed by atoms with Crippen molar-refractivity contribution in [3.63, 3.8) is 0 Å². The maximum absolute atomic E-state index is 13.1. The second-order valence-corrected chi connectivity index (χ2v) is 7.03. The summed E-state index contributed by atoms with van der Waals surface area (Å²) in [6.07, 6.45) is 1.60. The first-order valence-corrected chi connectivity index (χ1v) is 9.73. The minimum atomic E-state index is -0.437. The summed E-state index contributed by atoms with van der Waals surface area (Å²) >= 11 is 0. The van der Waals surface area contributed by atoms with Crippen LogP contribution in [0.5, 0.6) is 5.88 Å². The summed E-state index contributed by atoms with van der Waals surface area (Å²) in [7, 11) is 3.92. The maximum atomic E-state index is 13.1. The van der Waals surface area contributed by atoms with Crippen molar-refractivity contribution in [1.29, 1.82) is 0 Å². The standard InChI is InChI=1S/C23H25N3O4/c1-4-30-23(29)16-9-11-17(12-10-16)26-21(27)19-8-6-5-7-18(19)20(22(26)28)15-24-13-14-25(2)3/h5-12,15,28H,4,13-14H2,1-3H3. The van der Waals surface area contributed by atoms with Gasteiger partial charge in [0.1, 0.15) is 0 Å². The first-order valence-electron chi connectivity index (χ1n) is 9.73. The number of fused-ring (bicyclic) bond motifs is 1. The monoisotopic (exact) mass is 407 g/mol. The van der Waals surface area contributed by atoms with E-state index in [1.54, 1.807) is 55.6 Å². The van der Waals surface area contributed by atoms with Crippen molar-refractivity contribution in [1.82, 2.24) is 9.47 Å². The molecular weight excluding hydrogens is 382 g/mol. The van der Waals surface area contributed by atoms with Crippen LogP contribution in [0.15, 0.2) is 58.3 Å². The quantitative estimate of drug-likeness (QED) is 0.481. The summed E-state index contributed by atoms with van der Waals surface area (Å²) in [6.45, 7) is 3.35. The largest absolute Gasteiger partial charge is 0.494 e. The van der Waals surface area contributed by atoms with E-state index < -0.39 is 5.97 Å². The lowest BCUT2D eigenvalue weighted by atomic mass is 10.1. The van der Waals surface area contributed by atoms with Gasteiger partial charge in [0.2, 0.25) is 5.88 Å². The average molecular weight is 407 g/mol. The van der Waals surface area contributed by atoms with Crippen molar-refractivity contribution >= 4 is 23.0 Å². The van der Waals surface area contributed by atoms with Gasteiger partial charge in [-0.15, -0.1) is 0 Å². The number of pyridine rings is 1. The van der Waals surface area contributed by atoms with Gasteiger partial charge < -0.3 is 14.7 Å². The second-order valence-electron chi connectivity index (χ2n) is 7.03. The zero-order chi connectivity index (χ0) is 21.7. The van der Waals surface area contributed by atoms with E-state index in [-0.39, 0.29) is 18.0 Å². The molecule has 0 aliphatic heterocycles. The number of aliphatic imine (C=N–C) groups is 1. The molecule has 0 amide bonds. The topological polar surface area (TPSA) is 84.1 Å². The Morgan fingerprint density at radius 2 is 1.80 bits per heavy atom. The van der Waals surface area contributed by atoms with Gasteiger partial charge in [-0.1, -0.05) is 18.2 Å². The van der Waals surface area contributed by atoms with Gasteiger partial charge in [0.15, 0.2) is 0 Å². The number of nitrogens with zero attached hydrogens (tertiary/aromatic N) is 3. The fraction of sp³-hybridized carbons (Fsp3) is 0.261. The van der Waals surface area contributed by atoms with Crippen LogP contribution in [0, 0.1) is 0 Å². The number of carbonyl (C=O) groups excluding carboxylic acids is 1. The minimum Gasteiger partial charge on any atom is -0.494 e. The summed E-state index contributed by atoms with van der Waals surface area (Å²) in [6, 6.07) is 13.5. The molecule has 3 aromatic rings. The van der Waals surface area contributed by atoms with E-state index in [1.807, 2.05) is 25.1 Å². The van der Waals surface area contributed by atoms with Crippen molar-refractivity contribution in [3.05, 3.63) is 70.0 Å². The number of aromatic nitrogens is 1. The Labute approximate surface area is 174 Å². The number of hydrogen-bond donors (Lipinski definition) is 1. The third-order valence-corrected chi connectivity index (χ3v) is 4.64. The van der Waals surface area contributed by atoms with Crippen LogP contribution in [-0.4, -0.2) is 60.5 Å². The molecule has 0 fully saturated rings. The summed E-state index contributed by atoms with van der Waals surface area (Å²) < 4.78 is 6.22. The zero-order valence-corrected chi connectivity index (χ0v) is 17.3. The number of carbonyl (C=O) groups is 1. The van der Waals surface area contributed by atoms with Crippen LogP contribution in [0.3, 0.4) is 0 Å². The predicted molar refractivity (Wildman–Crippen MR) is 118 cm³/mol. The van der Waals surface area contributed by atoms with Gasteiger partial charge in [0, 0.05) is 23.5 Å². The molecule has 0 saturated carbocycles. The van der Waals surface area contributed by atoms with Gasteiger partial charge in [-0.05, 0) is 51.4 Å². The van der Waals surface area contributed by atoms with E-state index in [2.05, 4.69) is 4.99 Å². The van der Waals surface area contributed by atoms with Crippen LogP contribution in [0.4, 0.5) is 0 Å². The Bertz CT molecular complexity index is 1130. The summed E-state index contributed by atoms with van der Waals surface area (Å²) in [5, 5.41) is 12.1. The van der Waals surface area contributed by atoms with Crippen molar-refractivity contribution in [2.24, 2.45) is 4.99 Å². The van der Waals surface area contributed by atoms with Crippen LogP contribution in [0.2, 0.25) is 0 Å². The highest BCUT2D eigenvalue weighted by molar-refractivity contribution is 6.01. The molecule has 0 spiro atoms. The molecule has 7 nitrogen and oxygen atoms in total. The molecule has 0 radical (unpaired) electrons. The molecule has 1 heterocycles. The summed E-state index contributed by atoms with van der Waals surface area (Å²) in [5.74, 6) is -0.635. The number of esters is 1. The SMILES string of the molecule is CCOC(=O)c1ccc(-n2c(O)c(C=NCCN(C)C)c3ccccc3c2=O)cc1. The van der Waals surface area contributed by atoms with Crippen LogP contribution in [0.25, 0.3) is 16.5 Å². The Morgan fingerprint density at radius 1 is 1.13 bits per heavy atom. The molecule has 2 aromatic carbocycles. The van der Waals surface area contributed by atoms with E-state index in [9.17, 15) is 14.7 Å². The number of aromatic hydroxyl groups is 1. The minimum absolute atomic E-state index is 0.198. The molecule has 156 valence electrons. The van der Waals surface area contributed by atoms with Crippen molar-refractivity contribution in [3.8, 4) is 11.6 Å². The van der Waals surface area contributed by atoms with E-state index in [1.165, 1.54) is 4.57 Å². The maximum Gasteiger partial charge on any atom is 0.338 e. The first kappa shape index (κ1) is 21.3. The molecule has 0 saturated heterocycles. The predicted octanol–water partition coefficient (Wildman–Crippen LogP) is 2.85. The average Bonchev–Trinajstić information content (AvgIpc) is 2.73. The number of rotatable bonds is 7. The normalized spacial score (nSPS) is 11.5. The Morgan fingerprint density at radius 3 is 2.43 bits per heavy atom. The highest BCUT2D eigenvalue weighted by atomic mass is 16.5. The third kappa shape index (κ3) is 4.41. The van der Waals surface area contributed by atoms with Gasteiger partial charge in [0.05, 0.1) is 30.0 Å². The van der Waals surface area contributed by atoms with Crippen LogP contribution < -0.4 is 5.56 Å². The lowest BCUT2D eigenvalue weighted by Gasteiger charge is -2.14. The van der Waals surface area contributed by atoms with Crippen LogP contribution >= 0.6 is 0 Å². The molecule has 7 heteroatoms. The Hall–Kier alpha value is -3.45. The molecule has 0 unspecified atom stereocenters. The van der Waals surface area contributed by atoms with E-state index >= 15 is 0 Å². The molecule has 0 atom stereocenters. The molecule has 0 bridgehead atoms. The molecule has 1 aromatic heterocycles. The number of likely N-dealkylation sites (N-methyl/N-ethyl adjacent to an activating group) is 1. The molecule has 3 rings (SSSR count). The summed E-state index contributed by atoms with van der Waals surface area (Å²) in [5.41, 5.74) is 0.939. The summed E-state index contributed by atoms with van der Waals surface area (Å²) in [4.78, 5) is 31.4. The molecule has 1 N–H and O–H groups in total. The van der Waals surface area contributed by atoms with Crippen molar-refractivity contribution in [2.45, 2.75) is 6.92 Å². The van der Waals surface area contributed by atoms with Gasteiger partial charge in [-0.3, -0.25) is 9.79 Å². The Balaban J connectivity index is 2.11. The molecule has 0 aliphatic carbocycles. The fourth-order valence-corrected chi connectivity index (χ4v) is 3.10. The smallest absolute Gasteiger partial charge is 0.338 e. The molecule has 30 heavy (non-hydrogen) atoms. The van der Waals surface area contributed by atoms with Gasteiger partial charge in [-0.25, -0.2) is 9.36 Å². The highest BCUT2D eigenvalue weighted by Gasteiger charge is 2.16. The van der Waals surface area contributed by atoms with E-state index in [4.69, 9.17) is 4.74 Å². The fourth-order valence-electron chi connectivity index (χ4n) is 3.10. The number of ether oxygens (including phenoxy) is 1. The van der Waals surface area contributed by atoms with Crippen LogP contribution in [0.1, 0.15) is 22.8 Å². The van der Waals surface area contributed by atoms with Crippen LogP contribution in [-0.2, 0) is 4.74 Å². The third-order valence-electron chi connectivity index (χ3n) is 4.64. The van der Waals surface area contributed by atoms with Gasteiger partial charge in [-0.2, -0.15) is 0 Å². The van der Waals surface area contributed by atoms with Gasteiger partial charge in [0.25, 0.3) is 5.56 Å². The Kier molecular flexibility index (Phi) is 6.64. The molecular formula is C23H25N3O4. The number of hydrogen-bond acceptors (Lipinski definition) is 6. The zero-order valence-electron chi connectivity index (χ0n) is 17.3. The lowest BCUT2D eigenvalue weighted by Crippen LogP contribution is -2.20. The first-order chi connectivity index (χ1) is 14.4.